The maximum Gasteiger partial charge on any atom is 0.159 e. The van der Waals surface area contributed by atoms with Crippen molar-refractivity contribution in [2.75, 3.05) is 5.32 Å². The van der Waals surface area contributed by atoms with Gasteiger partial charge in [0.2, 0.25) is 0 Å². The number of rotatable bonds is 4. The van der Waals surface area contributed by atoms with Gasteiger partial charge in [-0.2, -0.15) is 0 Å². The molecule has 6 nitrogen and oxygen atoms in total. The van der Waals surface area contributed by atoms with E-state index in [-0.39, 0.29) is 5.75 Å². The molecule has 2 N–H and O–H groups in total. The SMILES string of the molecule is CC(C)(C)S(=O)(=O)Cc1ccc(Nc2ncnc3[nH]ccc23)cc1. The number of hydrogen-bond donors (Lipinski definition) is 2. The number of nitrogens with one attached hydrogen (secondary N) is 2. The third-order valence-electron chi connectivity index (χ3n) is 3.86. The molecule has 2 aromatic heterocycles. The van der Waals surface area contributed by atoms with Gasteiger partial charge in [-0.15, -0.1) is 0 Å². The zero-order chi connectivity index (χ0) is 17.4. The van der Waals surface area contributed by atoms with Gasteiger partial charge in [-0.1, -0.05) is 12.1 Å². The first-order valence-electron chi connectivity index (χ1n) is 7.63. The van der Waals surface area contributed by atoms with E-state index in [1.807, 2.05) is 36.5 Å². The van der Waals surface area contributed by atoms with Crippen molar-refractivity contribution in [3.05, 3.63) is 48.4 Å². The van der Waals surface area contributed by atoms with Gasteiger partial charge in [0.15, 0.2) is 9.84 Å². The molecule has 3 rings (SSSR count). The molecule has 0 aliphatic rings. The molecule has 24 heavy (non-hydrogen) atoms. The number of H-pyrrole nitrogens is 1. The van der Waals surface area contributed by atoms with E-state index in [0.29, 0.717) is 5.82 Å². The van der Waals surface area contributed by atoms with Crippen LogP contribution in [0.2, 0.25) is 0 Å². The lowest BCUT2D eigenvalue weighted by Gasteiger charge is -2.19. The highest BCUT2D eigenvalue weighted by atomic mass is 32.2. The molecule has 0 radical (unpaired) electrons. The van der Waals surface area contributed by atoms with Crippen LogP contribution < -0.4 is 5.32 Å². The first kappa shape index (κ1) is 16.4. The molecular weight excluding hydrogens is 324 g/mol. The molecule has 0 spiro atoms. The second-order valence-corrected chi connectivity index (χ2v) is 9.40. The van der Waals surface area contributed by atoms with E-state index in [0.717, 1.165) is 22.3 Å². The summed E-state index contributed by atoms with van der Waals surface area (Å²) >= 11 is 0. The van der Waals surface area contributed by atoms with Crippen LogP contribution in [-0.2, 0) is 15.6 Å². The predicted octanol–water partition coefficient (Wildman–Crippen LogP) is 3.41. The summed E-state index contributed by atoms with van der Waals surface area (Å²) in [5, 5.41) is 4.13. The molecule has 0 saturated carbocycles. The van der Waals surface area contributed by atoms with Gasteiger partial charge in [0, 0.05) is 11.9 Å². The van der Waals surface area contributed by atoms with Crippen molar-refractivity contribution in [2.24, 2.45) is 0 Å². The van der Waals surface area contributed by atoms with E-state index >= 15 is 0 Å². The van der Waals surface area contributed by atoms with Gasteiger partial charge in [0.05, 0.1) is 15.9 Å². The monoisotopic (exact) mass is 344 g/mol. The highest BCUT2D eigenvalue weighted by Crippen LogP contribution is 2.24. The summed E-state index contributed by atoms with van der Waals surface area (Å²) < 4.78 is 23.8. The standard InChI is InChI=1S/C17H20N4O2S/c1-17(2,3)24(22,23)10-12-4-6-13(7-5-12)21-16-14-8-9-18-15(14)19-11-20-16/h4-9,11H,10H2,1-3H3,(H2,18,19,20,21). The zero-order valence-corrected chi connectivity index (χ0v) is 14.7. The van der Waals surface area contributed by atoms with E-state index in [1.54, 1.807) is 20.8 Å². The van der Waals surface area contributed by atoms with E-state index in [4.69, 9.17) is 0 Å². The van der Waals surface area contributed by atoms with E-state index in [9.17, 15) is 8.42 Å². The van der Waals surface area contributed by atoms with Crippen molar-refractivity contribution >= 4 is 32.4 Å². The Balaban J connectivity index is 1.79. The molecule has 0 aliphatic carbocycles. The number of sulfone groups is 1. The summed E-state index contributed by atoms with van der Waals surface area (Å²) in [5.74, 6) is 0.739. The predicted molar refractivity (Wildman–Crippen MR) is 96.0 cm³/mol. The molecule has 3 aromatic rings. The molecule has 2 heterocycles. The fraction of sp³-hybridized carbons (Fsp3) is 0.294. The number of aromatic nitrogens is 3. The summed E-state index contributed by atoms with van der Waals surface area (Å²) in [6.07, 6.45) is 3.30. The summed E-state index contributed by atoms with van der Waals surface area (Å²) in [6, 6.07) is 9.26. The van der Waals surface area contributed by atoms with Crippen LogP contribution in [0.15, 0.2) is 42.9 Å². The van der Waals surface area contributed by atoms with Crippen molar-refractivity contribution in [1.29, 1.82) is 0 Å². The van der Waals surface area contributed by atoms with E-state index in [1.165, 1.54) is 6.33 Å². The highest BCUT2D eigenvalue weighted by Gasteiger charge is 2.28. The summed E-state index contributed by atoms with van der Waals surface area (Å²) in [5.41, 5.74) is 2.37. The first-order valence-corrected chi connectivity index (χ1v) is 9.28. The van der Waals surface area contributed by atoms with Crippen LogP contribution in [0.25, 0.3) is 11.0 Å². The fourth-order valence-electron chi connectivity index (χ4n) is 2.23. The maximum atomic E-state index is 12.3. The van der Waals surface area contributed by atoms with Gasteiger partial charge in [0.1, 0.15) is 17.8 Å². The normalized spacial score (nSPS) is 12.5. The number of hydrogen-bond acceptors (Lipinski definition) is 5. The minimum Gasteiger partial charge on any atom is -0.346 e. The molecule has 0 atom stereocenters. The summed E-state index contributed by atoms with van der Waals surface area (Å²) in [6.45, 7) is 5.15. The Morgan fingerprint density at radius 1 is 1.08 bits per heavy atom. The Morgan fingerprint density at radius 2 is 1.79 bits per heavy atom. The van der Waals surface area contributed by atoms with Gasteiger partial charge in [0.25, 0.3) is 0 Å². The molecule has 0 aliphatic heterocycles. The molecule has 126 valence electrons. The molecule has 0 unspecified atom stereocenters. The summed E-state index contributed by atoms with van der Waals surface area (Å²) in [7, 11) is -3.19. The van der Waals surface area contributed by atoms with E-state index in [2.05, 4.69) is 20.3 Å². The number of aromatic amines is 1. The largest absolute Gasteiger partial charge is 0.346 e. The Kier molecular flexibility index (Phi) is 4.04. The van der Waals surface area contributed by atoms with Crippen molar-refractivity contribution in [3.63, 3.8) is 0 Å². The van der Waals surface area contributed by atoms with Crippen LogP contribution in [0.1, 0.15) is 26.3 Å². The van der Waals surface area contributed by atoms with Crippen molar-refractivity contribution < 1.29 is 8.42 Å². The smallest absolute Gasteiger partial charge is 0.159 e. The third-order valence-corrected chi connectivity index (χ3v) is 6.44. The van der Waals surface area contributed by atoms with Crippen molar-refractivity contribution in [2.45, 2.75) is 31.3 Å². The average Bonchev–Trinajstić information content (AvgIpc) is 2.97. The lowest BCUT2D eigenvalue weighted by atomic mass is 10.2. The van der Waals surface area contributed by atoms with Crippen LogP contribution in [-0.4, -0.2) is 28.1 Å². The van der Waals surface area contributed by atoms with Crippen LogP contribution in [0.4, 0.5) is 11.5 Å². The van der Waals surface area contributed by atoms with Gasteiger partial charge in [-0.25, -0.2) is 18.4 Å². The Bertz CT molecular complexity index is 954. The zero-order valence-electron chi connectivity index (χ0n) is 13.9. The first-order chi connectivity index (χ1) is 11.3. The fourth-order valence-corrected chi connectivity index (χ4v) is 3.29. The van der Waals surface area contributed by atoms with Gasteiger partial charge >= 0.3 is 0 Å². The number of nitrogens with zero attached hydrogens (tertiary/aromatic N) is 2. The Morgan fingerprint density at radius 3 is 2.46 bits per heavy atom. The molecule has 0 amide bonds. The summed E-state index contributed by atoms with van der Waals surface area (Å²) in [4.78, 5) is 11.4. The average molecular weight is 344 g/mol. The van der Waals surface area contributed by atoms with Crippen molar-refractivity contribution in [1.82, 2.24) is 15.0 Å². The van der Waals surface area contributed by atoms with Gasteiger partial charge in [-0.05, 0) is 44.5 Å². The van der Waals surface area contributed by atoms with Gasteiger partial charge in [-0.3, -0.25) is 0 Å². The second kappa shape index (κ2) is 5.90. The highest BCUT2D eigenvalue weighted by molar-refractivity contribution is 7.91. The number of fused-ring (bicyclic) bond motifs is 1. The molecule has 1 aromatic carbocycles. The minimum atomic E-state index is -3.19. The lowest BCUT2D eigenvalue weighted by Crippen LogP contribution is -2.29. The topological polar surface area (TPSA) is 87.7 Å². The number of benzene rings is 1. The molecule has 0 bridgehead atoms. The molecule has 0 saturated heterocycles. The molecular formula is C17H20N4O2S. The molecule has 7 heteroatoms. The Labute approximate surface area is 141 Å². The van der Waals surface area contributed by atoms with Crippen LogP contribution in [0, 0.1) is 0 Å². The number of anilines is 2. The second-order valence-electron chi connectivity index (χ2n) is 6.66. The Hall–Kier alpha value is -2.41. The maximum absolute atomic E-state index is 12.3. The van der Waals surface area contributed by atoms with Crippen LogP contribution in [0.3, 0.4) is 0 Å². The quantitative estimate of drug-likeness (QED) is 0.757. The lowest BCUT2D eigenvalue weighted by molar-refractivity contribution is 0.559. The van der Waals surface area contributed by atoms with Crippen molar-refractivity contribution in [3.8, 4) is 0 Å². The third kappa shape index (κ3) is 3.26. The van der Waals surface area contributed by atoms with E-state index < -0.39 is 14.6 Å². The van der Waals surface area contributed by atoms with Crippen LogP contribution in [0.5, 0.6) is 0 Å². The molecule has 0 fully saturated rings. The van der Waals surface area contributed by atoms with Crippen LogP contribution >= 0.6 is 0 Å². The minimum absolute atomic E-state index is 0.0341. The van der Waals surface area contributed by atoms with Gasteiger partial charge < -0.3 is 10.3 Å².